The molecule has 0 radical (unpaired) electrons. The summed E-state index contributed by atoms with van der Waals surface area (Å²) in [5.41, 5.74) is 5.59. The molecule has 10 heteroatoms. The average molecular weight is 843 g/mol. The summed E-state index contributed by atoms with van der Waals surface area (Å²) >= 11 is 0. The molecule has 0 amide bonds. The van der Waals surface area contributed by atoms with Crippen LogP contribution >= 0.6 is 0 Å². The van der Waals surface area contributed by atoms with Crippen molar-refractivity contribution in [3.63, 3.8) is 0 Å². The highest BCUT2D eigenvalue weighted by Crippen LogP contribution is 2.23. The largest absolute Gasteiger partial charge is 0.463 e. The number of methoxy groups -OCH3 is 1. The molecule has 0 fully saturated rings. The van der Waals surface area contributed by atoms with Crippen LogP contribution in [0.1, 0.15) is 131 Å². The van der Waals surface area contributed by atoms with Gasteiger partial charge in [0, 0.05) is 19.3 Å². The maximum Gasteiger partial charge on any atom is 0.311 e. The second-order valence-corrected chi connectivity index (χ2v) is 12.8. The van der Waals surface area contributed by atoms with E-state index >= 15 is 0 Å². The van der Waals surface area contributed by atoms with Gasteiger partial charge in [0.15, 0.2) is 0 Å². The number of carbonyl (C=O) groups is 4. The molecule has 60 heavy (non-hydrogen) atoms. The third-order valence-corrected chi connectivity index (χ3v) is 6.91. The van der Waals surface area contributed by atoms with Crippen LogP contribution in [-0.4, -0.2) is 81.5 Å². The number of aliphatic hydroxyl groups is 2. The fourth-order valence-electron chi connectivity index (χ4n) is 4.25. The topological polar surface area (TPSA) is 146 Å². The van der Waals surface area contributed by atoms with Crippen molar-refractivity contribution in [1.29, 1.82) is 0 Å². The summed E-state index contributed by atoms with van der Waals surface area (Å²) in [6, 6.07) is 14.2. The molecule has 0 saturated heterocycles. The van der Waals surface area contributed by atoms with E-state index in [9.17, 15) is 14.4 Å². The lowest BCUT2D eigenvalue weighted by Gasteiger charge is -2.09. The Kier molecular flexibility index (Phi) is 56.6. The van der Waals surface area contributed by atoms with E-state index in [-0.39, 0.29) is 32.7 Å². The molecule has 0 aromatic heterocycles. The predicted octanol–water partition coefficient (Wildman–Crippen LogP) is 11.5. The SMILES string of the molecule is C/C=C(CC)/C(=C/C)CCCCCC.C=CC=O.C=CCOCCO.CC.CC(C)C.CCO.COCCOC(=O)CCC(=O)Oc1ccc(-c2ccc(C=O)cc2)cc1. The number of rotatable bonds is 21. The predicted molar refractivity (Wildman–Crippen MR) is 251 cm³/mol. The second-order valence-electron chi connectivity index (χ2n) is 12.8. The van der Waals surface area contributed by atoms with Crippen LogP contribution in [0.4, 0.5) is 0 Å². The number of allylic oxidation sites excluding steroid dienone is 5. The van der Waals surface area contributed by atoms with Crippen LogP contribution in [-0.2, 0) is 28.6 Å². The second kappa shape index (κ2) is 52.5. The van der Waals surface area contributed by atoms with Crippen LogP contribution < -0.4 is 4.74 Å². The smallest absolute Gasteiger partial charge is 0.311 e. The zero-order chi connectivity index (χ0) is 46.8. The van der Waals surface area contributed by atoms with Crippen molar-refractivity contribution in [3.8, 4) is 16.9 Å². The minimum Gasteiger partial charge on any atom is -0.463 e. The molecule has 0 heterocycles. The summed E-state index contributed by atoms with van der Waals surface area (Å²) < 4.78 is 19.6. The number of hydrogen-bond donors (Lipinski definition) is 2. The van der Waals surface area contributed by atoms with E-state index in [1.807, 2.05) is 38.1 Å². The lowest BCUT2D eigenvalue weighted by molar-refractivity contribution is -0.147. The number of ether oxygens (including phenoxy) is 4. The van der Waals surface area contributed by atoms with Crippen LogP contribution in [0.3, 0.4) is 0 Å². The van der Waals surface area contributed by atoms with Crippen molar-refractivity contribution < 1.29 is 48.3 Å². The van der Waals surface area contributed by atoms with Crippen LogP contribution in [0.15, 0.2) is 97.1 Å². The number of carbonyl (C=O) groups excluding carboxylic acids is 4. The number of benzene rings is 2. The summed E-state index contributed by atoms with van der Waals surface area (Å²) in [6.07, 6.45) is 16.6. The normalized spacial score (nSPS) is 9.90. The zero-order valence-corrected chi connectivity index (χ0v) is 39.1. The van der Waals surface area contributed by atoms with Crippen molar-refractivity contribution in [2.75, 3.05) is 46.8 Å². The first-order valence-electron chi connectivity index (χ1n) is 21.2. The van der Waals surface area contributed by atoms with Gasteiger partial charge in [0.2, 0.25) is 0 Å². The van der Waals surface area contributed by atoms with Gasteiger partial charge < -0.3 is 29.2 Å². The summed E-state index contributed by atoms with van der Waals surface area (Å²) in [7, 11) is 1.51. The molecular formula is C50H82O10. The maximum absolute atomic E-state index is 11.8. The van der Waals surface area contributed by atoms with Gasteiger partial charge in [-0.15, -0.1) is 6.58 Å². The van der Waals surface area contributed by atoms with Crippen molar-refractivity contribution in [2.24, 2.45) is 5.92 Å². The maximum atomic E-state index is 11.8. The van der Waals surface area contributed by atoms with Gasteiger partial charge in [-0.3, -0.25) is 19.2 Å². The number of aliphatic hydroxyl groups excluding tert-OH is 2. The Labute approximate surface area is 364 Å². The van der Waals surface area contributed by atoms with Gasteiger partial charge >= 0.3 is 11.9 Å². The highest BCUT2D eigenvalue weighted by Gasteiger charge is 2.10. The van der Waals surface area contributed by atoms with E-state index in [2.05, 4.69) is 73.8 Å². The summed E-state index contributed by atoms with van der Waals surface area (Å²) in [5.74, 6) is 0.265. The molecule has 2 aromatic rings. The van der Waals surface area contributed by atoms with E-state index in [1.165, 1.54) is 57.3 Å². The zero-order valence-electron chi connectivity index (χ0n) is 39.1. The molecule has 0 aliphatic rings. The molecule has 0 saturated carbocycles. The Morgan fingerprint density at radius 3 is 1.63 bits per heavy atom. The molecule has 0 atom stereocenters. The first-order valence-corrected chi connectivity index (χ1v) is 21.2. The number of unbranched alkanes of at least 4 members (excludes halogenated alkanes) is 3. The lowest BCUT2D eigenvalue weighted by Crippen LogP contribution is -2.14. The first kappa shape index (κ1) is 64.7. The lowest BCUT2D eigenvalue weighted by atomic mass is 9.97. The highest BCUT2D eigenvalue weighted by atomic mass is 16.6. The van der Waals surface area contributed by atoms with Crippen molar-refractivity contribution in [3.05, 3.63) is 103 Å². The fraction of sp³-hybridized carbons (Fsp3) is 0.520. The van der Waals surface area contributed by atoms with Gasteiger partial charge in [0.25, 0.3) is 0 Å². The molecule has 0 unspecified atom stereocenters. The molecule has 2 N–H and O–H groups in total. The Hall–Kier alpha value is -4.48. The minimum absolute atomic E-state index is 0.0380. The molecule has 2 aromatic carbocycles. The van der Waals surface area contributed by atoms with Gasteiger partial charge in [-0.1, -0.05) is 129 Å². The van der Waals surface area contributed by atoms with Crippen LogP contribution in [0.5, 0.6) is 5.75 Å². The minimum atomic E-state index is -0.503. The molecule has 2 rings (SSSR count). The van der Waals surface area contributed by atoms with Gasteiger partial charge in [-0.2, -0.15) is 0 Å². The third kappa shape index (κ3) is 46.2. The van der Waals surface area contributed by atoms with E-state index < -0.39 is 11.9 Å². The van der Waals surface area contributed by atoms with Gasteiger partial charge in [0.1, 0.15) is 24.9 Å². The first-order chi connectivity index (χ1) is 28.9. The van der Waals surface area contributed by atoms with Crippen LogP contribution in [0.25, 0.3) is 11.1 Å². The summed E-state index contributed by atoms with van der Waals surface area (Å²) in [4.78, 5) is 42.9. The fourth-order valence-corrected chi connectivity index (χ4v) is 4.25. The van der Waals surface area contributed by atoms with Crippen molar-refractivity contribution >= 4 is 24.5 Å². The third-order valence-electron chi connectivity index (χ3n) is 6.91. The average Bonchev–Trinajstić information content (AvgIpc) is 3.26. The number of aldehydes is 2. The molecule has 0 spiro atoms. The highest BCUT2D eigenvalue weighted by molar-refractivity contribution is 5.79. The Balaban J connectivity index is -0.000000247. The van der Waals surface area contributed by atoms with Crippen molar-refractivity contribution in [1.82, 2.24) is 0 Å². The standard InChI is InChI=1S/C20H20O6.C14H26.C5H10O2.C4H10.C3H4O.C2H6O.C2H6/c1-24-12-13-25-19(22)10-11-20(23)26-18-8-6-17(7-9-18)16-4-2-15(14-21)3-5-16;1-5-9-10-11-12-14(8-4)13(6-2)7-3;1-2-4-7-5-3-6;1-4(2)3;1-2-3-4;1-2-3;1-2/h2-9,14H,10-13H2,1H3;6,8H,5,7,9-12H2,1-4H3;2,6H,1,3-5H2;4H,1-3H3;2-3H,1H2;3H,2H2,1H3;1-2H3/b;13-6+,14-8+;;;;;. The molecule has 0 aliphatic heterocycles. The van der Waals surface area contributed by atoms with E-state index in [1.54, 1.807) is 42.8 Å². The van der Waals surface area contributed by atoms with E-state index in [4.69, 9.17) is 34.0 Å². The summed E-state index contributed by atoms with van der Waals surface area (Å²) in [5, 5.41) is 15.7. The quantitative estimate of drug-likeness (QED) is 0.0237. The van der Waals surface area contributed by atoms with Gasteiger partial charge in [0.05, 0.1) is 39.3 Å². The Morgan fingerprint density at radius 1 is 0.733 bits per heavy atom. The van der Waals surface area contributed by atoms with Crippen LogP contribution in [0, 0.1) is 5.92 Å². The number of hydrogen-bond acceptors (Lipinski definition) is 10. The van der Waals surface area contributed by atoms with E-state index in [0.29, 0.717) is 37.4 Å². The molecule has 0 bridgehead atoms. The van der Waals surface area contributed by atoms with Gasteiger partial charge in [-0.05, 0) is 86.4 Å². The Bertz CT molecular complexity index is 1340. The van der Waals surface area contributed by atoms with Crippen molar-refractivity contribution in [2.45, 2.75) is 121 Å². The monoisotopic (exact) mass is 843 g/mol. The summed E-state index contributed by atoms with van der Waals surface area (Å²) in [6.45, 7) is 29.3. The molecule has 10 nitrogen and oxygen atoms in total. The molecule has 0 aliphatic carbocycles. The Morgan fingerprint density at radius 2 is 1.23 bits per heavy atom. The van der Waals surface area contributed by atoms with E-state index in [0.717, 1.165) is 23.3 Å². The molecular weight excluding hydrogens is 761 g/mol. The van der Waals surface area contributed by atoms with Gasteiger partial charge in [-0.25, -0.2) is 0 Å². The number of esters is 2. The molecule has 342 valence electrons. The van der Waals surface area contributed by atoms with Crippen LogP contribution in [0.2, 0.25) is 0 Å².